The first-order chi connectivity index (χ1) is 8.75. The molecule has 1 amide bonds. The minimum Gasteiger partial charge on any atom is -0.326 e. The summed E-state index contributed by atoms with van der Waals surface area (Å²) in [6.07, 6.45) is 1.72. The Morgan fingerprint density at radius 1 is 1.44 bits per heavy atom. The van der Waals surface area contributed by atoms with Crippen molar-refractivity contribution in [2.45, 2.75) is 18.9 Å². The molecule has 4 heteroatoms. The number of anilines is 1. The van der Waals surface area contributed by atoms with Crippen LogP contribution in [0.5, 0.6) is 0 Å². The maximum absolute atomic E-state index is 11.8. The Labute approximate surface area is 108 Å². The van der Waals surface area contributed by atoms with E-state index in [4.69, 9.17) is 0 Å². The summed E-state index contributed by atoms with van der Waals surface area (Å²) in [5.74, 6) is 0.0824. The molecule has 98 valence electrons. The van der Waals surface area contributed by atoms with Crippen LogP contribution in [-0.4, -0.2) is 43.5 Å². The van der Waals surface area contributed by atoms with E-state index < -0.39 is 0 Å². The highest BCUT2D eigenvalue weighted by Crippen LogP contribution is 2.08. The van der Waals surface area contributed by atoms with Crippen LogP contribution in [0.15, 0.2) is 30.3 Å². The Hall–Kier alpha value is -1.39. The first-order valence-electron chi connectivity index (χ1n) is 6.51. The zero-order chi connectivity index (χ0) is 12.8. The monoisotopic (exact) mass is 247 g/mol. The van der Waals surface area contributed by atoms with Crippen molar-refractivity contribution < 1.29 is 4.79 Å². The molecule has 0 bridgehead atoms. The predicted octanol–water partition coefficient (Wildman–Crippen LogP) is 1.31. The van der Waals surface area contributed by atoms with Gasteiger partial charge in [-0.3, -0.25) is 4.79 Å². The van der Waals surface area contributed by atoms with Crippen molar-refractivity contribution in [3.8, 4) is 0 Å². The van der Waals surface area contributed by atoms with Crippen LogP contribution >= 0.6 is 0 Å². The molecule has 1 unspecified atom stereocenters. The second-order valence-corrected chi connectivity index (χ2v) is 4.79. The molecule has 1 heterocycles. The summed E-state index contributed by atoms with van der Waals surface area (Å²) in [4.78, 5) is 14.0. The molecule has 0 radical (unpaired) electrons. The van der Waals surface area contributed by atoms with Crippen LogP contribution in [0.4, 0.5) is 5.69 Å². The fourth-order valence-corrected chi connectivity index (χ4v) is 2.22. The van der Waals surface area contributed by atoms with Gasteiger partial charge in [-0.15, -0.1) is 0 Å². The normalized spacial score (nSPS) is 19.1. The predicted molar refractivity (Wildman–Crippen MR) is 73.6 cm³/mol. The molecule has 18 heavy (non-hydrogen) atoms. The van der Waals surface area contributed by atoms with Crippen LogP contribution in [0.3, 0.4) is 0 Å². The number of benzene rings is 1. The number of rotatable bonds is 5. The largest absolute Gasteiger partial charge is 0.326 e. The molecular formula is C14H21N3O. The van der Waals surface area contributed by atoms with E-state index in [1.165, 1.54) is 6.42 Å². The number of nitrogens with zero attached hydrogens (tertiary/aromatic N) is 1. The molecule has 4 nitrogen and oxygen atoms in total. The van der Waals surface area contributed by atoms with Crippen LogP contribution in [0.2, 0.25) is 0 Å². The quantitative estimate of drug-likeness (QED) is 0.824. The fourth-order valence-electron chi connectivity index (χ4n) is 2.22. The van der Waals surface area contributed by atoms with Crippen LogP contribution in [0, 0.1) is 0 Å². The number of para-hydroxylation sites is 1. The van der Waals surface area contributed by atoms with Crippen molar-refractivity contribution in [1.29, 1.82) is 0 Å². The highest BCUT2D eigenvalue weighted by atomic mass is 16.1. The lowest BCUT2D eigenvalue weighted by molar-refractivity contribution is -0.116. The fraction of sp³-hybridized carbons (Fsp3) is 0.500. The Morgan fingerprint density at radius 2 is 2.22 bits per heavy atom. The van der Waals surface area contributed by atoms with Crippen molar-refractivity contribution in [2.75, 3.05) is 32.0 Å². The molecule has 1 fully saturated rings. The highest BCUT2D eigenvalue weighted by molar-refractivity contribution is 5.90. The van der Waals surface area contributed by atoms with E-state index in [0.29, 0.717) is 12.5 Å². The summed E-state index contributed by atoms with van der Waals surface area (Å²) in [5.41, 5.74) is 0.868. The van der Waals surface area contributed by atoms with Gasteiger partial charge in [0.2, 0.25) is 5.91 Å². The number of carbonyl (C=O) groups is 1. The van der Waals surface area contributed by atoms with Crippen LogP contribution < -0.4 is 10.6 Å². The Morgan fingerprint density at radius 3 is 2.89 bits per heavy atom. The van der Waals surface area contributed by atoms with E-state index in [2.05, 4.69) is 22.6 Å². The molecule has 2 N–H and O–H groups in total. The first kappa shape index (κ1) is 13.1. The molecule has 0 aliphatic carbocycles. The average molecular weight is 247 g/mol. The van der Waals surface area contributed by atoms with Gasteiger partial charge < -0.3 is 15.5 Å². The lowest BCUT2D eigenvalue weighted by Crippen LogP contribution is -2.35. The summed E-state index contributed by atoms with van der Waals surface area (Å²) in [6, 6.07) is 10.2. The molecule has 0 spiro atoms. The third kappa shape index (κ3) is 3.82. The van der Waals surface area contributed by atoms with Gasteiger partial charge in [0.1, 0.15) is 0 Å². The van der Waals surface area contributed by atoms with E-state index >= 15 is 0 Å². The van der Waals surface area contributed by atoms with E-state index in [9.17, 15) is 4.79 Å². The molecule has 1 saturated heterocycles. The SMILES string of the molecule is CN(CCC(=O)Nc1ccccc1)C1CCNC1. The summed E-state index contributed by atoms with van der Waals surface area (Å²) in [5, 5.41) is 6.25. The lowest BCUT2D eigenvalue weighted by atomic mass is 10.2. The van der Waals surface area contributed by atoms with Crippen LogP contribution in [-0.2, 0) is 4.79 Å². The summed E-state index contributed by atoms with van der Waals surface area (Å²) >= 11 is 0. The zero-order valence-corrected chi connectivity index (χ0v) is 10.9. The number of hydrogen-bond acceptors (Lipinski definition) is 3. The topological polar surface area (TPSA) is 44.4 Å². The van der Waals surface area contributed by atoms with Gasteiger partial charge in [-0.05, 0) is 32.1 Å². The lowest BCUT2D eigenvalue weighted by Gasteiger charge is -2.22. The molecule has 0 saturated carbocycles. The molecular weight excluding hydrogens is 226 g/mol. The van der Waals surface area contributed by atoms with Gasteiger partial charge in [-0.25, -0.2) is 0 Å². The van der Waals surface area contributed by atoms with Gasteiger partial charge >= 0.3 is 0 Å². The van der Waals surface area contributed by atoms with Crippen molar-refractivity contribution in [3.05, 3.63) is 30.3 Å². The van der Waals surface area contributed by atoms with Gasteiger partial charge in [0.25, 0.3) is 0 Å². The zero-order valence-electron chi connectivity index (χ0n) is 10.9. The third-order valence-corrected chi connectivity index (χ3v) is 3.41. The van der Waals surface area contributed by atoms with Crippen molar-refractivity contribution in [2.24, 2.45) is 0 Å². The second kappa shape index (κ2) is 6.52. The number of hydrogen-bond donors (Lipinski definition) is 2. The second-order valence-electron chi connectivity index (χ2n) is 4.79. The van der Waals surface area contributed by atoms with Gasteiger partial charge in [-0.2, -0.15) is 0 Å². The standard InChI is InChI=1S/C14H21N3O/c1-17(13-7-9-15-11-13)10-8-14(18)16-12-5-3-2-4-6-12/h2-6,13,15H,7-11H2,1H3,(H,16,18). The third-order valence-electron chi connectivity index (χ3n) is 3.41. The van der Waals surface area contributed by atoms with Gasteiger partial charge in [0.05, 0.1) is 0 Å². The summed E-state index contributed by atoms with van der Waals surface area (Å²) in [6.45, 7) is 2.94. The Balaban J connectivity index is 1.71. The van der Waals surface area contributed by atoms with Crippen molar-refractivity contribution in [1.82, 2.24) is 10.2 Å². The van der Waals surface area contributed by atoms with Gasteiger partial charge in [0.15, 0.2) is 0 Å². The Kier molecular flexibility index (Phi) is 4.73. The Bertz CT molecular complexity index is 374. The highest BCUT2D eigenvalue weighted by Gasteiger charge is 2.19. The van der Waals surface area contributed by atoms with Crippen LogP contribution in [0.25, 0.3) is 0 Å². The minimum atomic E-state index is 0.0824. The molecule has 1 atom stereocenters. The molecule has 0 aromatic heterocycles. The smallest absolute Gasteiger partial charge is 0.225 e. The number of nitrogens with one attached hydrogen (secondary N) is 2. The number of likely N-dealkylation sites (N-methyl/N-ethyl adjacent to an activating group) is 1. The molecule has 1 aliphatic rings. The van der Waals surface area contributed by atoms with Crippen molar-refractivity contribution in [3.63, 3.8) is 0 Å². The number of carbonyl (C=O) groups excluding carboxylic acids is 1. The maximum Gasteiger partial charge on any atom is 0.225 e. The maximum atomic E-state index is 11.8. The van der Waals surface area contributed by atoms with E-state index in [1.807, 2.05) is 30.3 Å². The summed E-state index contributed by atoms with van der Waals surface area (Å²) in [7, 11) is 2.09. The van der Waals surface area contributed by atoms with E-state index in [1.54, 1.807) is 0 Å². The minimum absolute atomic E-state index is 0.0824. The van der Waals surface area contributed by atoms with Crippen LogP contribution in [0.1, 0.15) is 12.8 Å². The average Bonchev–Trinajstić information content (AvgIpc) is 2.91. The molecule has 2 rings (SSSR count). The first-order valence-corrected chi connectivity index (χ1v) is 6.51. The number of amides is 1. The van der Waals surface area contributed by atoms with E-state index in [0.717, 1.165) is 25.3 Å². The van der Waals surface area contributed by atoms with Gasteiger partial charge in [-0.1, -0.05) is 18.2 Å². The van der Waals surface area contributed by atoms with Crippen molar-refractivity contribution >= 4 is 11.6 Å². The van der Waals surface area contributed by atoms with E-state index in [-0.39, 0.29) is 5.91 Å². The molecule has 1 aliphatic heterocycles. The molecule has 1 aromatic rings. The summed E-state index contributed by atoms with van der Waals surface area (Å²) < 4.78 is 0. The molecule has 1 aromatic carbocycles. The van der Waals surface area contributed by atoms with Gasteiger partial charge in [0, 0.05) is 31.2 Å².